The third kappa shape index (κ3) is 3.13. The van der Waals surface area contributed by atoms with Gasteiger partial charge in [0.15, 0.2) is 0 Å². The van der Waals surface area contributed by atoms with E-state index in [1.54, 1.807) is 12.1 Å². The molecule has 0 radical (unpaired) electrons. The molecule has 15 heavy (non-hydrogen) atoms. The fourth-order valence-corrected chi connectivity index (χ4v) is 0.837. The largest absolute Gasteiger partial charge is 0.396 e. The van der Waals surface area contributed by atoms with Crippen LogP contribution < -0.4 is 0 Å². The lowest BCUT2D eigenvalue weighted by Gasteiger charge is -1.99. The Hall–Kier alpha value is -1.76. The van der Waals surface area contributed by atoms with Crippen LogP contribution in [0.5, 0.6) is 0 Å². The van der Waals surface area contributed by atoms with E-state index >= 15 is 0 Å². The smallest absolute Gasteiger partial charge is 0.253 e. The van der Waals surface area contributed by atoms with E-state index in [0.717, 1.165) is 5.56 Å². The molecule has 0 unspecified atom stereocenters. The van der Waals surface area contributed by atoms with Crippen LogP contribution in [0.25, 0.3) is 0 Å². The fraction of sp³-hybridized carbons (Fsp3) is 0.182. The van der Waals surface area contributed by atoms with E-state index in [0.29, 0.717) is 5.56 Å². The van der Waals surface area contributed by atoms with Crippen LogP contribution in [0.1, 0.15) is 11.1 Å². The zero-order chi connectivity index (χ0) is 11.5. The van der Waals surface area contributed by atoms with Gasteiger partial charge < -0.3 is 0 Å². The number of carbonyl (C=O) groups is 1. The quantitative estimate of drug-likeness (QED) is 0.516. The summed E-state index contributed by atoms with van der Waals surface area (Å²) in [6.45, 7) is 1.83. The average Bonchev–Trinajstić information content (AvgIpc) is 2.17. The second-order valence-electron chi connectivity index (χ2n) is 2.96. The van der Waals surface area contributed by atoms with E-state index in [9.17, 15) is 18.0 Å². The van der Waals surface area contributed by atoms with E-state index < -0.39 is 12.0 Å². The highest BCUT2D eigenvalue weighted by molar-refractivity contribution is 5.80. The first-order chi connectivity index (χ1) is 6.92. The standard InChI is InChI=1S/C11H7F3O/c1-8-2-4-9(5-3-8)6-7-11(13,14)10(12)15/h2-5H,1H3. The first-order valence-corrected chi connectivity index (χ1v) is 4.09. The summed E-state index contributed by atoms with van der Waals surface area (Å²) >= 11 is 0. The summed E-state index contributed by atoms with van der Waals surface area (Å²) in [5, 5.41) is 0. The number of halogens is 3. The monoisotopic (exact) mass is 212 g/mol. The molecule has 0 aromatic heterocycles. The minimum absolute atomic E-state index is 0.307. The maximum atomic E-state index is 12.4. The molecule has 1 aromatic carbocycles. The highest BCUT2D eigenvalue weighted by atomic mass is 19.3. The number of benzene rings is 1. The molecule has 0 fully saturated rings. The third-order valence-corrected chi connectivity index (χ3v) is 1.66. The summed E-state index contributed by atoms with van der Waals surface area (Å²) in [5.74, 6) is -0.898. The maximum Gasteiger partial charge on any atom is 0.396 e. The van der Waals surface area contributed by atoms with E-state index in [1.807, 2.05) is 12.8 Å². The Morgan fingerprint density at radius 3 is 2.27 bits per heavy atom. The van der Waals surface area contributed by atoms with Gasteiger partial charge in [0, 0.05) is 5.56 Å². The lowest BCUT2D eigenvalue weighted by Crippen LogP contribution is -2.22. The van der Waals surface area contributed by atoms with Crippen LogP contribution in [0.4, 0.5) is 13.2 Å². The number of carbonyl (C=O) groups excluding carboxylic acids is 1. The predicted octanol–water partition coefficient (Wildman–Crippen LogP) is 2.48. The molecule has 1 aromatic rings. The zero-order valence-corrected chi connectivity index (χ0v) is 7.85. The van der Waals surface area contributed by atoms with E-state index in [-0.39, 0.29) is 0 Å². The molecule has 0 aliphatic carbocycles. The van der Waals surface area contributed by atoms with Gasteiger partial charge in [0.05, 0.1) is 0 Å². The summed E-state index contributed by atoms with van der Waals surface area (Å²) in [5.41, 5.74) is 1.26. The second kappa shape index (κ2) is 4.18. The Bertz CT molecular complexity index is 423. The minimum atomic E-state index is -4.22. The third-order valence-electron chi connectivity index (χ3n) is 1.66. The molecule has 1 nitrogen and oxygen atoms in total. The Labute approximate surface area is 84.9 Å². The molecule has 0 heterocycles. The second-order valence-corrected chi connectivity index (χ2v) is 2.96. The van der Waals surface area contributed by atoms with Crippen molar-refractivity contribution in [1.29, 1.82) is 0 Å². The zero-order valence-electron chi connectivity index (χ0n) is 7.85. The van der Waals surface area contributed by atoms with Gasteiger partial charge in [0.25, 0.3) is 0 Å². The van der Waals surface area contributed by atoms with Crippen LogP contribution in [0.3, 0.4) is 0 Å². The van der Waals surface area contributed by atoms with Crippen LogP contribution in [0.2, 0.25) is 0 Å². The van der Waals surface area contributed by atoms with Gasteiger partial charge in [-0.05, 0) is 25.0 Å². The molecule has 1 rings (SSSR count). The molecule has 0 bridgehead atoms. The van der Waals surface area contributed by atoms with Gasteiger partial charge in [-0.1, -0.05) is 23.6 Å². The molecule has 0 amide bonds. The minimum Gasteiger partial charge on any atom is -0.253 e. The summed E-state index contributed by atoms with van der Waals surface area (Å²) < 4.78 is 36.6. The first-order valence-electron chi connectivity index (χ1n) is 4.09. The van der Waals surface area contributed by atoms with Crippen molar-refractivity contribution >= 4 is 6.04 Å². The molecule has 0 atom stereocenters. The van der Waals surface area contributed by atoms with Crippen molar-refractivity contribution in [2.24, 2.45) is 0 Å². The van der Waals surface area contributed by atoms with Crippen molar-refractivity contribution in [3.05, 3.63) is 35.4 Å². The van der Waals surface area contributed by atoms with E-state index in [1.165, 1.54) is 18.1 Å². The van der Waals surface area contributed by atoms with Crippen molar-refractivity contribution in [2.75, 3.05) is 0 Å². The van der Waals surface area contributed by atoms with Crippen LogP contribution in [0, 0.1) is 18.8 Å². The number of hydrogen-bond donors (Lipinski definition) is 0. The van der Waals surface area contributed by atoms with Crippen molar-refractivity contribution < 1.29 is 18.0 Å². The molecule has 78 valence electrons. The summed E-state index contributed by atoms with van der Waals surface area (Å²) in [6.07, 6.45) is 0. The van der Waals surface area contributed by atoms with Crippen molar-refractivity contribution in [1.82, 2.24) is 0 Å². The number of aryl methyl sites for hydroxylation is 1. The lowest BCUT2D eigenvalue weighted by atomic mass is 10.1. The van der Waals surface area contributed by atoms with Crippen LogP contribution in [-0.2, 0) is 4.79 Å². The van der Waals surface area contributed by atoms with Gasteiger partial charge in [-0.25, -0.2) is 0 Å². The van der Waals surface area contributed by atoms with Gasteiger partial charge in [-0.2, -0.15) is 13.2 Å². The number of hydrogen-bond acceptors (Lipinski definition) is 1. The SMILES string of the molecule is Cc1ccc(C#CC(F)(F)C(=O)F)cc1. The predicted molar refractivity (Wildman–Crippen MR) is 49.1 cm³/mol. The highest BCUT2D eigenvalue weighted by Gasteiger charge is 2.36. The van der Waals surface area contributed by atoms with Gasteiger partial charge in [0.1, 0.15) is 0 Å². The molecular formula is C11H7F3O. The van der Waals surface area contributed by atoms with Gasteiger partial charge in [0.2, 0.25) is 0 Å². The molecule has 0 aliphatic heterocycles. The summed E-state index contributed by atoms with van der Waals surface area (Å²) in [7, 11) is 0. The molecule has 0 saturated heterocycles. The van der Waals surface area contributed by atoms with Crippen LogP contribution >= 0.6 is 0 Å². The summed E-state index contributed by atoms with van der Waals surface area (Å²) in [6, 6.07) is 3.66. The highest BCUT2D eigenvalue weighted by Crippen LogP contribution is 2.14. The van der Waals surface area contributed by atoms with E-state index in [4.69, 9.17) is 0 Å². The van der Waals surface area contributed by atoms with Crippen molar-refractivity contribution in [3.8, 4) is 11.8 Å². The molecule has 0 saturated carbocycles. The topological polar surface area (TPSA) is 17.1 Å². The maximum absolute atomic E-state index is 12.4. The summed E-state index contributed by atoms with van der Waals surface area (Å²) in [4.78, 5) is 9.82. The molecule has 0 aliphatic rings. The van der Waals surface area contributed by atoms with Crippen molar-refractivity contribution in [3.63, 3.8) is 0 Å². The van der Waals surface area contributed by atoms with E-state index in [2.05, 4.69) is 0 Å². The van der Waals surface area contributed by atoms with Gasteiger partial charge >= 0.3 is 12.0 Å². The molecular weight excluding hydrogens is 205 g/mol. The average molecular weight is 212 g/mol. The van der Waals surface area contributed by atoms with Crippen LogP contribution in [-0.4, -0.2) is 12.0 Å². The Kier molecular flexibility index (Phi) is 3.15. The number of alkyl halides is 2. The van der Waals surface area contributed by atoms with Crippen molar-refractivity contribution in [2.45, 2.75) is 12.8 Å². The normalized spacial score (nSPS) is 10.4. The molecule has 0 N–H and O–H groups in total. The Balaban J connectivity index is 2.91. The van der Waals surface area contributed by atoms with Gasteiger partial charge in [-0.15, -0.1) is 0 Å². The van der Waals surface area contributed by atoms with Crippen LogP contribution in [0.15, 0.2) is 24.3 Å². The first kappa shape index (κ1) is 11.3. The fourth-order valence-electron chi connectivity index (χ4n) is 0.837. The Morgan fingerprint density at radius 2 is 1.80 bits per heavy atom. The molecule has 4 heteroatoms. The Morgan fingerprint density at radius 1 is 1.27 bits per heavy atom. The molecule has 0 spiro atoms. The lowest BCUT2D eigenvalue weighted by molar-refractivity contribution is -0.147. The van der Waals surface area contributed by atoms with Gasteiger partial charge in [-0.3, -0.25) is 4.79 Å². The number of rotatable bonds is 1.